The summed E-state index contributed by atoms with van der Waals surface area (Å²) in [6.07, 6.45) is 22.2. The van der Waals surface area contributed by atoms with Gasteiger partial charge >= 0.3 is 0 Å². The zero-order chi connectivity index (χ0) is 62.8. The number of primary amides is 1. The zero-order valence-corrected chi connectivity index (χ0v) is 51.1. The number of rotatable bonds is 31. The molecule has 4 aromatic rings. The van der Waals surface area contributed by atoms with Gasteiger partial charge in [0.15, 0.2) is 0 Å². The fraction of sp³-hybridized carbons (Fsp3) is 0.603. The predicted octanol–water partition coefficient (Wildman–Crippen LogP) is 4.10. The molecule has 2 aromatic carbocycles. The van der Waals surface area contributed by atoms with Crippen LogP contribution in [-0.4, -0.2) is 134 Å². The fourth-order valence-corrected chi connectivity index (χ4v) is 10.7. The summed E-state index contributed by atoms with van der Waals surface area (Å²) in [5.41, 5.74) is 14.0. The van der Waals surface area contributed by atoms with Gasteiger partial charge in [-0.1, -0.05) is 120 Å². The Balaban J connectivity index is 1.28. The minimum Gasteiger partial charge on any atom is -0.508 e. The molecule has 0 radical (unpaired) electrons. The van der Waals surface area contributed by atoms with Crippen molar-refractivity contribution >= 4 is 64.1 Å². The molecule has 478 valence electrons. The molecule has 24 nitrogen and oxygen atoms in total. The van der Waals surface area contributed by atoms with Crippen LogP contribution in [0.4, 0.5) is 0 Å². The minimum atomic E-state index is -1.35. The van der Waals surface area contributed by atoms with E-state index in [-0.39, 0.29) is 63.3 Å². The molecule has 87 heavy (non-hydrogen) atoms. The Kier molecular flexibility index (Phi) is 31.3. The molecule has 3 heterocycles. The van der Waals surface area contributed by atoms with Crippen LogP contribution in [0.15, 0.2) is 60.9 Å². The van der Waals surface area contributed by atoms with E-state index in [1.54, 1.807) is 24.5 Å². The van der Waals surface area contributed by atoms with Gasteiger partial charge < -0.3 is 64.1 Å². The second-order valence-corrected chi connectivity index (χ2v) is 23.0. The first-order valence-electron chi connectivity index (χ1n) is 31.6. The number of amides is 9. The number of nitrogens with one attached hydrogen (secondary N) is 9. The van der Waals surface area contributed by atoms with Gasteiger partial charge in [0.05, 0.1) is 12.2 Å². The van der Waals surface area contributed by atoms with Gasteiger partial charge in [-0.2, -0.15) is 0 Å². The minimum absolute atomic E-state index is 0.0329. The molecular formula is C63H96N14O10. The van der Waals surface area contributed by atoms with Gasteiger partial charge in [0.2, 0.25) is 53.2 Å². The number of phenols is 1. The van der Waals surface area contributed by atoms with Crippen molar-refractivity contribution in [1.29, 1.82) is 0 Å². The summed E-state index contributed by atoms with van der Waals surface area (Å²) >= 11 is 0. The third-order valence-corrected chi connectivity index (χ3v) is 15.6. The maximum atomic E-state index is 14.6. The fourth-order valence-electron chi connectivity index (χ4n) is 10.7. The monoisotopic (exact) mass is 1210 g/mol. The molecule has 9 amide bonds. The number of aryl methyl sites for hydroxylation is 1. The Morgan fingerprint density at radius 3 is 2.08 bits per heavy atom. The van der Waals surface area contributed by atoms with E-state index < -0.39 is 90.1 Å². The van der Waals surface area contributed by atoms with Crippen molar-refractivity contribution in [2.45, 2.75) is 224 Å². The third kappa shape index (κ3) is 26.3. The van der Waals surface area contributed by atoms with Crippen LogP contribution in [0.1, 0.15) is 178 Å². The molecule has 14 N–H and O–H groups in total. The zero-order valence-electron chi connectivity index (χ0n) is 51.1. The topological polar surface area (TPSA) is 369 Å². The van der Waals surface area contributed by atoms with Crippen LogP contribution < -0.4 is 54.0 Å². The summed E-state index contributed by atoms with van der Waals surface area (Å²) in [6, 6.07) is 5.90. The van der Waals surface area contributed by atoms with Gasteiger partial charge in [-0.25, -0.2) is 0 Å². The number of hydrogen-bond donors (Lipinski definition) is 12. The normalized spacial score (nSPS) is 18.9. The van der Waals surface area contributed by atoms with Crippen LogP contribution in [0.5, 0.6) is 5.75 Å². The van der Waals surface area contributed by atoms with Crippen molar-refractivity contribution in [1.82, 2.24) is 62.5 Å². The third-order valence-electron chi connectivity index (χ3n) is 15.6. The largest absolute Gasteiger partial charge is 0.508 e. The average Bonchev–Trinajstić information content (AvgIpc) is 3.82. The molecular weight excluding hydrogens is 1110 g/mol. The van der Waals surface area contributed by atoms with Crippen LogP contribution in [0.3, 0.4) is 0 Å². The van der Waals surface area contributed by atoms with Crippen LogP contribution >= 0.6 is 0 Å². The van der Waals surface area contributed by atoms with Crippen molar-refractivity contribution in [3.8, 4) is 5.75 Å². The number of phenolic OH excluding ortho intramolecular Hbond substituents is 1. The molecule has 2 aromatic heterocycles. The Bertz CT molecular complexity index is 2800. The number of nitrogens with two attached hydrogens (primary N) is 2. The van der Waals surface area contributed by atoms with Crippen molar-refractivity contribution in [3.63, 3.8) is 0 Å². The molecule has 2 bridgehead atoms. The van der Waals surface area contributed by atoms with Crippen molar-refractivity contribution in [2.75, 3.05) is 19.6 Å². The molecule has 1 aliphatic heterocycles. The highest BCUT2D eigenvalue weighted by Crippen LogP contribution is 2.21. The molecule has 0 fully saturated rings. The maximum absolute atomic E-state index is 14.6. The Morgan fingerprint density at radius 1 is 0.736 bits per heavy atom. The molecule has 0 aliphatic carbocycles. The number of aromatic hydroxyl groups is 1. The highest BCUT2D eigenvalue weighted by Gasteiger charge is 2.33. The quantitative estimate of drug-likeness (QED) is 0.0316. The van der Waals surface area contributed by atoms with Gasteiger partial charge in [0.1, 0.15) is 42.0 Å². The predicted molar refractivity (Wildman–Crippen MR) is 331 cm³/mol. The summed E-state index contributed by atoms with van der Waals surface area (Å²) in [6.45, 7) is 3.81. The number of para-hydroxylation sites is 1. The summed E-state index contributed by atoms with van der Waals surface area (Å²) in [7, 11) is 0. The van der Waals surface area contributed by atoms with Crippen LogP contribution in [0.25, 0.3) is 10.9 Å². The Morgan fingerprint density at radius 2 is 1.39 bits per heavy atom. The number of hydrogen-bond acceptors (Lipinski definition) is 13. The Hall–Kier alpha value is -7.89. The Labute approximate surface area is 511 Å². The first-order valence-corrected chi connectivity index (χ1v) is 31.6. The van der Waals surface area contributed by atoms with Crippen molar-refractivity contribution in [3.05, 3.63) is 77.7 Å². The van der Waals surface area contributed by atoms with E-state index in [9.17, 15) is 48.3 Å². The summed E-state index contributed by atoms with van der Waals surface area (Å²) in [4.78, 5) is 127. The molecule has 0 unspecified atom stereocenters. The van der Waals surface area contributed by atoms with E-state index in [1.807, 2.05) is 24.3 Å². The van der Waals surface area contributed by atoms with E-state index in [0.29, 0.717) is 68.3 Å². The van der Waals surface area contributed by atoms with E-state index >= 15 is 0 Å². The molecule has 1 aliphatic rings. The van der Waals surface area contributed by atoms with Gasteiger partial charge in [0.25, 0.3) is 0 Å². The van der Waals surface area contributed by atoms with Gasteiger partial charge in [-0.05, 0) is 100 Å². The number of H-pyrrole nitrogens is 1. The van der Waals surface area contributed by atoms with Crippen molar-refractivity contribution < 1.29 is 48.3 Å². The second-order valence-electron chi connectivity index (χ2n) is 23.0. The number of nitrogens with zero attached hydrogens (tertiary/aromatic N) is 3. The van der Waals surface area contributed by atoms with Crippen LogP contribution in [0, 0.1) is 0 Å². The first kappa shape index (κ1) is 69.9. The number of aromatic nitrogens is 4. The molecule has 5 rings (SSSR count). The van der Waals surface area contributed by atoms with Crippen LogP contribution in [0.2, 0.25) is 0 Å². The van der Waals surface area contributed by atoms with E-state index in [0.717, 1.165) is 30.2 Å². The van der Waals surface area contributed by atoms with E-state index in [4.69, 9.17) is 11.5 Å². The van der Waals surface area contributed by atoms with Crippen LogP contribution in [-0.2, 0) is 69.0 Å². The standard InChI is InChI=1S/C63H96N14O10/c1-3-4-5-6-7-8-9-10-11-12-13-14-15-29-56(80)66-35-22-19-26-50(58(65)82)71-60(84)51-28-20-23-36-77-42-46(75-76-77)39-55(69-43(2)78)63(87)74-54(38-45-40-67-49-25-17-16-24-48(45)49)62(86)72-52(27-18-21-34-64)61(85)73-53(59(83)68-41-57(81)70-51)37-44-30-32-47(79)33-31-44/h16-17,24-25,30-33,40,42,50-55,67,79H,3-15,18-23,26-29,34-39,41,64H2,1-2H3,(H2,65,82)(H,66,80)(H,68,83)(H,69,78)(H,70,81)(H,71,84)(H,72,86)(H,73,85)(H,74,87)/t50-,51-,52+,53+,54+,55-/m1/s1. The number of carbonyl (C=O) groups excluding carboxylic acids is 9. The van der Waals surface area contributed by atoms with Gasteiger partial charge in [-0.15, -0.1) is 5.10 Å². The number of benzene rings is 2. The average molecular weight is 1210 g/mol. The molecule has 24 heteroatoms. The maximum Gasteiger partial charge on any atom is 0.243 e. The summed E-state index contributed by atoms with van der Waals surface area (Å²) < 4.78 is 1.53. The lowest BCUT2D eigenvalue weighted by atomic mass is 10.0. The number of carbonyl (C=O) groups is 9. The summed E-state index contributed by atoms with van der Waals surface area (Å²) in [5.74, 6) is -5.85. The smallest absolute Gasteiger partial charge is 0.243 e. The lowest BCUT2D eigenvalue weighted by molar-refractivity contribution is -0.135. The van der Waals surface area contributed by atoms with Crippen molar-refractivity contribution in [2.24, 2.45) is 11.5 Å². The molecule has 6 atom stereocenters. The molecule has 0 spiro atoms. The van der Waals surface area contributed by atoms with E-state index in [2.05, 4.69) is 64.8 Å². The SMILES string of the molecule is CCCCCCCCCCCCCCCC(=O)NCCCC[C@@H](NC(=O)[C@H]1CCCCn2cc(nn2)C[C@@H](NC(C)=O)C(=O)N[C@@H](Cc2c[nH]c3ccccc23)C(=O)N[C@@H](CCCCN)C(=O)N[C@@H](Cc2ccc(O)cc2)C(=O)NCC(=O)N1)C(N)=O. The second kappa shape index (κ2) is 39.0. The lowest BCUT2D eigenvalue weighted by Crippen LogP contribution is -2.59. The van der Waals surface area contributed by atoms with Gasteiger partial charge in [0, 0.05) is 69.0 Å². The van der Waals surface area contributed by atoms with Gasteiger partial charge in [-0.3, -0.25) is 47.8 Å². The van der Waals surface area contributed by atoms with E-state index in [1.165, 1.54) is 87.9 Å². The summed E-state index contributed by atoms with van der Waals surface area (Å²) in [5, 5.41) is 41.3. The highest BCUT2D eigenvalue weighted by molar-refractivity contribution is 5.97. The highest BCUT2D eigenvalue weighted by atomic mass is 16.3. The lowest BCUT2D eigenvalue weighted by Gasteiger charge is -2.27. The number of unbranched alkanes of at least 4 members (excludes halogenated alkanes) is 14. The molecule has 0 saturated carbocycles. The molecule has 0 saturated heterocycles. The number of aromatic amines is 1. The number of fused-ring (bicyclic) bond motifs is 3. The first-order chi connectivity index (χ1) is 42.0.